The predicted octanol–water partition coefficient (Wildman–Crippen LogP) is 2.37. The van der Waals surface area contributed by atoms with E-state index in [4.69, 9.17) is 4.74 Å². The SMILES string of the molecule is CCOC(C)(C)CNCc1ccc(CC(=O)OC)s1. The van der Waals surface area contributed by atoms with Gasteiger partial charge in [-0.1, -0.05) is 0 Å². The summed E-state index contributed by atoms with van der Waals surface area (Å²) in [6.45, 7) is 8.45. The van der Waals surface area contributed by atoms with Crippen molar-refractivity contribution in [2.75, 3.05) is 20.3 Å². The molecule has 19 heavy (non-hydrogen) atoms. The van der Waals surface area contributed by atoms with Crippen LogP contribution in [0.2, 0.25) is 0 Å². The topological polar surface area (TPSA) is 47.6 Å². The first-order chi connectivity index (χ1) is 8.96. The zero-order chi connectivity index (χ0) is 14.3. The van der Waals surface area contributed by atoms with Gasteiger partial charge in [-0.3, -0.25) is 4.79 Å². The Kier molecular flexibility index (Phi) is 6.48. The van der Waals surface area contributed by atoms with Crippen molar-refractivity contribution in [3.05, 3.63) is 21.9 Å². The highest BCUT2D eigenvalue weighted by molar-refractivity contribution is 7.12. The van der Waals surface area contributed by atoms with Crippen molar-refractivity contribution in [2.45, 2.75) is 39.3 Å². The molecule has 0 aromatic carbocycles. The summed E-state index contributed by atoms with van der Waals surface area (Å²) in [5.74, 6) is -0.196. The van der Waals surface area contributed by atoms with E-state index >= 15 is 0 Å². The number of thiophene rings is 1. The molecule has 0 radical (unpaired) electrons. The number of nitrogens with one attached hydrogen (secondary N) is 1. The van der Waals surface area contributed by atoms with Crippen LogP contribution in [-0.2, 0) is 27.2 Å². The summed E-state index contributed by atoms with van der Waals surface area (Å²) in [5, 5.41) is 3.38. The fourth-order valence-corrected chi connectivity index (χ4v) is 2.73. The first-order valence-electron chi connectivity index (χ1n) is 6.46. The highest BCUT2D eigenvalue weighted by atomic mass is 32.1. The Bertz CT molecular complexity index is 401. The van der Waals surface area contributed by atoms with Crippen molar-refractivity contribution in [1.82, 2.24) is 5.32 Å². The number of carbonyl (C=O) groups excluding carboxylic acids is 1. The molecule has 0 saturated carbocycles. The van der Waals surface area contributed by atoms with Gasteiger partial charge in [0.2, 0.25) is 0 Å². The molecule has 0 spiro atoms. The van der Waals surface area contributed by atoms with Crippen LogP contribution in [0.15, 0.2) is 12.1 Å². The third-order valence-corrected chi connectivity index (χ3v) is 3.73. The fourth-order valence-electron chi connectivity index (χ4n) is 1.76. The molecule has 5 heteroatoms. The zero-order valence-electron chi connectivity index (χ0n) is 12.1. The minimum absolute atomic E-state index is 0.152. The molecule has 108 valence electrons. The molecule has 1 aromatic heterocycles. The lowest BCUT2D eigenvalue weighted by molar-refractivity contribution is -0.139. The molecule has 0 unspecified atom stereocenters. The van der Waals surface area contributed by atoms with Crippen LogP contribution < -0.4 is 5.32 Å². The number of ether oxygens (including phenoxy) is 2. The molecule has 0 bridgehead atoms. The first-order valence-corrected chi connectivity index (χ1v) is 7.27. The van der Waals surface area contributed by atoms with Gasteiger partial charge in [0.05, 0.1) is 19.1 Å². The molecule has 0 aliphatic carbocycles. The van der Waals surface area contributed by atoms with E-state index in [0.717, 1.165) is 24.6 Å². The Hall–Kier alpha value is -0.910. The molecule has 4 nitrogen and oxygen atoms in total. The number of carbonyl (C=O) groups is 1. The molecule has 0 fully saturated rings. The standard InChI is InChI=1S/C14H23NO3S/c1-5-18-14(2,3)10-15-9-12-7-6-11(19-12)8-13(16)17-4/h6-7,15H,5,8-10H2,1-4H3. The summed E-state index contributed by atoms with van der Waals surface area (Å²) >= 11 is 1.64. The van der Waals surface area contributed by atoms with Gasteiger partial charge in [-0.2, -0.15) is 0 Å². The molecule has 0 atom stereocenters. The van der Waals surface area contributed by atoms with Crippen LogP contribution in [0.5, 0.6) is 0 Å². The second kappa shape index (κ2) is 7.62. The molecule has 1 N–H and O–H groups in total. The van der Waals surface area contributed by atoms with Crippen LogP contribution in [0, 0.1) is 0 Å². The van der Waals surface area contributed by atoms with Gasteiger partial charge < -0.3 is 14.8 Å². The maximum Gasteiger partial charge on any atom is 0.310 e. The fraction of sp³-hybridized carbons (Fsp3) is 0.643. The third kappa shape index (κ3) is 6.18. The van der Waals surface area contributed by atoms with E-state index < -0.39 is 0 Å². The van der Waals surface area contributed by atoms with E-state index in [1.165, 1.54) is 12.0 Å². The van der Waals surface area contributed by atoms with Crippen molar-refractivity contribution in [1.29, 1.82) is 0 Å². The minimum Gasteiger partial charge on any atom is -0.469 e. The monoisotopic (exact) mass is 285 g/mol. The van der Waals surface area contributed by atoms with E-state index in [-0.39, 0.29) is 11.6 Å². The van der Waals surface area contributed by atoms with Crippen molar-refractivity contribution in [3.63, 3.8) is 0 Å². The van der Waals surface area contributed by atoms with Gasteiger partial charge in [-0.15, -0.1) is 11.3 Å². The predicted molar refractivity (Wildman–Crippen MR) is 77.5 cm³/mol. The van der Waals surface area contributed by atoms with E-state index in [1.54, 1.807) is 11.3 Å². The van der Waals surface area contributed by atoms with Crippen LogP contribution in [-0.4, -0.2) is 31.8 Å². The van der Waals surface area contributed by atoms with Gasteiger partial charge in [0, 0.05) is 29.5 Å². The van der Waals surface area contributed by atoms with Gasteiger partial charge in [-0.25, -0.2) is 0 Å². The third-order valence-electron chi connectivity index (χ3n) is 2.65. The lowest BCUT2D eigenvalue weighted by atomic mass is 10.1. The molecular weight excluding hydrogens is 262 g/mol. The van der Waals surface area contributed by atoms with Gasteiger partial charge in [0.25, 0.3) is 0 Å². The highest BCUT2D eigenvalue weighted by Crippen LogP contribution is 2.17. The molecule has 1 rings (SSSR count). The van der Waals surface area contributed by atoms with E-state index in [2.05, 4.69) is 23.9 Å². The van der Waals surface area contributed by atoms with E-state index in [0.29, 0.717) is 6.42 Å². The number of methoxy groups -OCH3 is 1. The molecule has 0 amide bonds. The Morgan fingerprint density at radius 3 is 2.68 bits per heavy atom. The zero-order valence-corrected chi connectivity index (χ0v) is 12.9. The van der Waals surface area contributed by atoms with Gasteiger partial charge >= 0.3 is 5.97 Å². The minimum atomic E-state index is -0.196. The normalized spacial score (nSPS) is 11.6. The largest absolute Gasteiger partial charge is 0.469 e. The Morgan fingerprint density at radius 1 is 1.37 bits per heavy atom. The molecule has 1 heterocycles. The summed E-state index contributed by atoms with van der Waals surface area (Å²) in [6.07, 6.45) is 0.353. The van der Waals surface area contributed by atoms with Crippen LogP contribution >= 0.6 is 11.3 Å². The van der Waals surface area contributed by atoms with E-state index in [9.17, 15) is 4.79 Å². The molecule has 0 saturated heterocycles. The average Bonchev–Trinajstić information content (AvgIpc) is 2.76. The maximum absolute atomic E-state index is 11.2. The number of hydrogen-bond donors (Lipinski definition) is 1. The number of hydrogen-bond acceptors (Lipinski definition) is 5. The molecule has 1 aromatic rings. The molecule has 0 aliphatic rings. The molecule has 0 aliphatic heterocycles. The Labute approximate surface area is 119 Å². The van der Waals surface area contributed by atoms with Gasteiger partial charge in [0.15, 0.2) is 0 Å². The summed E-state index contributed by atoms with van der Waals surface area (Å²) in [4.78, 5) is 13.4. The quantitative estimate of drug-likeness (QED) is 0.745. The lowest BCUT2D eigenvalue weighted by Gasteiger charge is -2.24. The maximum atomic E-state index is 11.2. The average molecular weight is 285 g/mol. The Morgan fingerprint density at radius 2 is 2.05 bits per heavy atom. The summed E-state index contributed by atoms with van der Waals surface area (Å²) in [5.41, 5.74) is -0.152. The highest BCUT2D eigenvalue weighted by Gasteiger charge is 2.16. The lowest BCUT2D eigenvalue weighted by Crippen LogP contribution is -2.37. The second-order valence-corrected chi connectivity index (χ2v) is 6.17. The first kappa shape index (κ1) is 16.1. The van der Waals surface area contributed by atoms with Crippen LogP contribution in [0.3, 0.4) is 0 Å². The smallest absolute Gasteiger partial charge is 0.310 e. The van der Waals surface area contributed by atoms with Crippen molar-refractivity contribution in [3.8, 4) is 0 Å². The van der Waals surface area contributed by atoms with Crippen LogP contribution in [0.25, 0.3) is 0 Å². The Balaban J connectivity index is 2.36. The van der Waals surface area contributed by atoms with Crippen LogP contribution in [0.1, 0.15) is 30.5 Å². The number of rotatable bonds is 8. The van der Waals surface area contributed by atoms with Crippen LogP contribution in [0.4, 0.5) is 0 Å². The van der Waals surface area contributed by atoms with E-state index in [1.807, 2.05) is 19.1 Å². The van der Waals surface area contributed by atoms with Crippen molar-refractivity contribution >= 4 is 17.3 Å². The summed E-state index contributed by atoms with van der Waals surface area (Å²) in [6, 6.07) is 4.02. The summed E-state index contributed by atoms with van der Waals surface area (Å²) < 4.78 is 10.3. The van der Waals surface area contributed by atoms with Crippen molar-refractivity contribution < 1.29 is 14.3 Å². The number of esters is 1. The van der Waals surface area contributed by atoms with Gasteiger partial charge in [0.1, 0.15) is 0 Å². The van der Waals surface area contributed by atoms with Gasteiger partial charge in [-0.05, 0) is 32.9 Å². The van der Waals surface area contributed by atoms with Crippen molar-refractivity contribution in [2.24, 2.45) is 0 Å². The molecular formula is C14H23NO3S. The second-order valence-electron chi connectivity index (χ2n) is 4.92. The summed E-state index contributed by atoms with van der Waals surface area (Å²) in [7, 11) is 1.41.